The minimum atomic E-state index is 0. The molecule has 1 aliphatic heterocycles. The summed E-state index contributed by atoms with van der Waals surface area (Å²) in [6.45, 7) is 11.0. The molecule has 1 saturated carbocycles. The fourth-order valence-corrected chi connectivity index (χ4v) is 2.35. The number of hydrogen-bond donors (Lipinski definition) is 0. The van der Waals surface area contributed by atoms with Gasteiger partial charge in [-0.15, -0.1) is 13.1 Å². The molecule has 1 saturated heterocycles. The van der Waals surface area contributed by atoms with E-state index in [4.69, 9.17) is 0 Å². The van der Waals surface area contributed by atoms with Crippen molar-refractivity contribution >= 4 is 0 Å². The van der Waals surface area contributed by atoms with E-state index in [-0.39, 0.29) is 32.7 Å². The van der Waals surface area contributed by atoms with Crippen LogP contribution in [0, 0.1) is 23.7 Å². The summed E-state index contributed by atoms with van der Waals surface area (Å²) in [5.74, 6) is 3.97. The Hall–Kier alpha value is 1.06. The van der Waals surface area contributed by atoms with Gasteiger partial charge in [0.2, 0.25) is 0 Å². The van der Waals surface area contributed by atoms with Gasteiger partial charge in [0.1, 0.15) is 0 Å². The Labute approximate surface area is 102 Å². The molecule has 0 aromatic heterocycles. The van der Waals surface area contributed by atoms with E-state index in [1.807, 2.05) is 13.8 Å². The van der Waals surface area contributed by atoms with Crippen LogP contribution in [0.5, 0.6) is 0 Å². The Kier molecular flexibility index (Phi) is 6.23. The summed E-state index contributed by atoms with van der Waals surface area (Å²) in [6, 6.07) is 0. The minimum absolute atomic E-state index is 0. The molecular formula is C10H20NY-. The predicted molar refractivity (Wildman–Crippen MR) is 49.7 cm³/mol. The third-order valence-corrected chi connectivity index (χ3v) is 2.85. The molecule has 1 aliphatic carbocycles. The van der Waals surface area contributed by atoms with Gasteiger partial charge in [-0.3, -0.25) is 0 Å². The van der Waals surface area contributed by atoms with Crippen molar-refractivity contribution in [2.75, 3.05) is 13.1 Å². The summed E-state index contributed by atoms with van der Waals surface area (Å²) in [4.78, 5) is 0. The molecule has 0 spiro atoms. The molecule has 1 radical (unpaired) electrons. The van der Waals surface area contributed by atoms with Gasteiger partial charge >= 0.3 is 0 Å². The van der Waals surface area contributed by atoms with Crippen molar-refractivity contribution in [2.24, 2.45) is 23.7 Å². The molecule has 2 unspecified atom stereocenters. The van der Waals surface area contributed by atoms with Crippen LogP contribution in [-0.4, -0.2) is 13.1 Å². The first-order chi connectivity index (χ1) is 5.30. The van der Waals surface area contributed by atoms with E-state index in [0.29, 0.717) is 0 Å². The monoisotopic (exact) mass is 243 g/mol. The molecule has 1 nitrogen and oxygen atoms in total. The third-order valence-electron chi connectivity index (χ3n) is 2.85. The maximum Gasteiger partial charge on any atom is 0 e. The van der Waals surface area contributed by atoms with Gasteiger partial charge in [0.25, 0.3) is 0 Å². The predicted octanol–water partition coefficient (Wildman–Crippen LogP) is 2.92. The number of nitrogens with zero attached hydrogens (tertiary/aromatic N) is 1. The van der Waals surface area contributed by atoms with Crippen LogP contribution in [0.4, 0.5) is 0 Å². The Balaban J connectivity index is 0.000000378. The quantitative estimate of drug-likeness (QED) is 0.672. The molecule has 0 N–H and O–H groups in total. The fraction of sp³-hybridized carbons (Fsp3) is 1.00. The summed E-state index contributed by atoms with van der Waals surface area (Å²) < 4.78 is 0. The maximum absolute atomic E-state index is 4.35. The van der Waals surface area contributed by atoms with Gasteiger partial charge in [-0.1, -0.05) is 39.5 Å². The van der Waals surface area contributed by atoms with Crippen molar-refractivity contribution in [3.63, 3.8) is 0 Å². The van der Waals surface area contributed by atoms with Crippen molar-refractivity contribution < 1.29 is 32.7 Å². The average molecular weight is 243 g/mol. The topological polar surface area (TPSA) is 14.1 Å². The van der Waals surface area contributed by atoms with Gasteiger partial charge in [-0.25, -0.2) is 0 Å². The van der Waals surface area contributed by atoms with Gasteiger partial charge in [0.05, 0.1) is 0 Å². The Bertz CT molecular complexity index is 115. The van der Waals surface area contributed by atoms with E-state index in [2.05, 4.69) is 19.2 Å². The average Bonchev–Trinajstić information content (AvgIpc) is 2.52. The minimum Gasteiger partial charge on any atom is -0.662 e. The number of piperidine rings is 1. The molecule has 1 heterocycles. The molecule has 0 amide bonds. The summed E-state index contributed by atoms with van der Waals surface area (Å²) in [5, 5.41) is 4.35. The van der Waals surface area contributed by atoms with Crippen LogP contribution in [0.15, 0.2) is 0 Å². The standard InChI is InChI=1S/C8H14N.C2H6.Y/c1-5(2)8-6-3-9-4-7(6)8;1-2;/h5-8H,3-4H2,1-2H3;1-2H3;/q-1;;. The molecule has 2 atom stereocenters. The molecular weight excluding hydrogens is 223 g/mol. The van der Waals surface area contributed by atoms with Gasteiger partial charge < -0.3 is 5.32 Å². The molecule has 12 heavy (non-hydrogen) atoms. The van der Waals surface area contributed by atoms with Gasteiger partial charge in [-0.05, 0) is 11.8 Å². The SMILES string of the molecule is CC.CC(C)C1C2C[N-]CC21.[Y]. The zero-order valence-electron chi connectivity index (χ0n) is 8.75. The number of rotatable bonds is 1. The van der Waals surface area contributed by atoms with E-state index >= 15 is 0 Å². The van der Waals surface area contributed by atoms with Crippen molar-refractivity contribution in [2.45, 2.75) is 27.7 Å². The molecule has 2 rings (SSSR count). The molecule has 2 fully saturated rings. The van der Waals surface area contributed by atoms with Crippen LogP contribution in [0.1, 0.15) is 27.7 Å². The second-order valence-corrected chi connectivity index (χ2v) is 3.74. The van der Waals surface area contributed by atoms with E-state index in [1.54, 1.807) is 0 Å². The molecule has 69 valence electrons. The first-order valence-corrected chi connectivity index (χ1v) is 4.94. The van der Waals surface area contributed by atoms with Gasteiger partial charge in [0.15, 0.2) is 0 Å². The zero-order valence-corrected chi connectivity index (χ0v) is 11.6. The van der Waals surface area contributed by atoms with E-state index in [9.17, 15) is 0 Å². The van der Waals surface area contributed by atoms with Crippen molar-refractivity contribution in [1.29, 1.82) is 0 Å². The fourth-order valence-electron chi connectivity index (χ4n) is 2.35. The van der Waals surface area contributed by atoms with Crippen LogP contribution in [0.3, 0.4) is 0 Å². The molecule has 0 aromatic carbocycles. The number of fused-ring (bicyclic) bond motifs is 1. The summed E-state index contributed by atoms with van der Waals surface area (Å²) in [7, 11) is 0. The van der Waals surface area contributed by atoms with Crippen molar-refractivity contribution in [1.82, 2.24) is 0 Å². The Morgan fingerprint density at radius 3 is 1.75 bits per heavy atom. The smallest absolute Gasteiger partial charge is 0 e. The molecule has 2 heteroatoms. The summed E-state index contributed by atoms with van der Waals surface area (Å²) in [6.07, 6.45) is 0. The second kappa shape index (κ2) is 5.72. The van der Waals surface area contributed by atoms with Crippen LogP contribution in [0.25, 0.3) is 5.32 Å². The normalized spacial score (nSPS) is 36.2. The van der Waals surface area contributed by atoms with Crippen LogP contribution in [-0.2, 0) is 32.7 Å². The van der Waals surface area contributed by atoms with Gasteiger partial charge in [-0.2, -0.15) is 0 Å². The second-order valence-electron chi connectivity index (χ2n) is 3.74. The van der Waals surface area contributed by atoms with Gasteiger partial charge in [0, 0.05) is 32.7 Å². The zero-order chi connectivity index (χ0) is 8.43. The third kappa shape index (κ3) is 2.53. The Morgan fingerprint density at radius 1 is 1.08 bits per heavy atom. The van der Waals surface area contributed by atoms with E-state index < -0.39 is 0 Å². The molecule has 2 aliphatic rings. The number of hydrogen-bond acceptors (Lipinski definition) is 0. The van der Waals surface area contributed by atoms with Crippen LogP contribution in [0.2, 0.25) is 0 Å². The van der Waals surface area contributed by atoms with E-state index in [0.717, 1.165) is 23.7 Å². The van der Waals surface area contributed by atoms with E-state index in [1.165, 1.54) is 13.1 Å². The first-order valence-electron chi connectivity index (χ1n) is 4.94. The molecule has 0 bridgehead atoms. The summed E-state index contributed by atoms with van der Waals surface area (Å²) in [5.41, 5.74) is 0. The Morgan fingerprint density at radius 2 is 1.50 bits per heavy atom. The summed E-state index contributed by atoms with van der Waals surface area (Å²) >= 11 is 0. The maximum atomic E-state index is 4.35. The molecule has 0 aromatic rings. The largest absolute Gasteiger partial charge is 0.662 e. The first kappa shape index (κ1) is 13.1. The van der Waals surface area contributed by atoms with Crippen molar-refractivity contribution in [3.05, 3.63) is 5.32 Å². The van der Waals surface area contributed by atoms with Crippen molar-refractivity contribution in [3.8, 4) is 0 Å². The van der Waals surface area contributed by atoms with Crippen LogP contribution >= 0.6 is 0 Å². The van der Waals surface area contributed by atoms with Crippen LogP contribution < -0.4 is 0 Å².